The number of halogens is 1. The summed E-state index contributed by atoms with van der Waals surface area (Å²) >= 11 is 0. The first-order valence-electron chi connectivity index (χ1n) is 6.73. The van der Waals surface area contributed by atoms with Crippen molar-refractivity contribution in [1.29, 1.82) is 0 Å². The van der Waals surface area contributed by atoms with E-state index in [1.54, 1.807) is 0 Å². The number of hydrogen-bond acceptors (Lipinski definition) is 3. The summed E-state index contributed by atoms with van der Waals surface area (Å²) < 4.78 is 5.62. The molecule has 2 rings (SSSR count). The number of rotatable bonds is 5. The highest BCUT2D eigenvalue weighted by atomic mass is 35.5. The molecule has 2 fully saturated rings. The molecule has 17 heavy (non-hydrogen) atoms. The highest BCUT2D eigenvalue weighted by Gasteiger charge is 2.34. The predicted molar refractivity (Wildman–Crippen MR) is 73.9 cm³/mol. The molecule has 0 saturated carbocycles. The Morgan fingerprint density at radius 3 is 2.35 bits per heavy atom. The maximum atomic E-state index is 5.62. The largest absolute Gasteiger partial charge is 0.377 e. The van der Waals surface area contributed by atoms with Crippen LogP contribution in [-0.4, -0.2) is 49.3 Å². The molecule has 2 heterocycles. The third-order valence-electron chi connectivity index (χ3n) is 3.97. The molecule has 2 aliphatic heterocycles. The molecule has 2 saturated heterocycles. The normalized spacial score (nSPS) is 31.9. The summed E-state index contributed by atoms with van der Waals surface area (Å²) in [7, 11) is 2.25. The number of fused-ring (bicyclic) bond motifs is 2. The molecule has 0 spiro atoms. The lowest BCUT2D eigenvalue weighted by molar-refractivity contribution is 0.0497. The first-order chi connectivity index (χ1) is 7.65. The zero-order valence-corrected chi connectivity index (χ0v) is 12.1. The van der Waals surface area contributed by atoms with E-state index in [2.05, 4.69) is 31.1 Å². The van der Waals surface area contributed by atoms with E-state index in [9.17, 15) is 0 Å². The fraction of sp³-hybridized carbons (Fsp3) is 1.00. The van der Waals surface area contributed by atoms with Crippen LogP contribution in [0.3, 0.4) is 0 Å². The molecule has 0 aromatic rings. The van der Waals surface area contributed by atoms with E-state index in [1.807, 2.05) is 0 Å². The van der Waals surface area contributed by atoms with Crippen molar-refractivity contribution in [3.63, 3.8) is 0 Å². The van der Waals surface area contributed by atoms with Crippen molar-refractivity contribution in [2.24, 2.45) is 0 Å². The highest BCUT2D eigenvalue weighted by molar-refractivity contribution is 5.85. The van der Waals surface area contributed by atoms with Gasteiger partial charge >= 0.3 is 0 Å². The molecule has 0 amide bonds. The van der Waals surface area contributed by atoms with Crippen molar-refractivity contribution in [3.05, 3.63) is 0 Å². The molecule has 0 aromatic heterocycles. The maximum absolute atomic E-state index is 5.62. The van der Waals surface area contributed by atoms with Crippen molar-refractivity contribution in [1.82, 2.24) is 10.2 Å². The summed E-state index contributed by atoms with van der Waals surface area (Å²) in [6.45, 7) is 6.14. The molecule has 2 atom stereocenters. The second-order valence-electron chi connectivity index (χ2n) is 5.66. The van der Waals surface area contributed by atoms with Crippen molar-refractivity contribution in [3.8, 4) is 0 Å². The lowest BCUT2D eigenvalue weighted by Gasteiger charge is -2.35. The smallest absolute Gasteiger partial charge is 0.0596 e. The van der Waals surface area contributed by atoms with Crippen LogP contribution in [-0.2, 0) is 4.74 Å². The van der Waals surface area contributed by atoms with E-state index >= 15 is 0 Å². The van der Waals surface area contributed by atoms with Gasteiger partial charge in [0.05, 0.1) is 12.7 Å². The van der Waals surface area contributed by atoms with Crippen molar-refractivity contribution in [2.75, 3.05) is 20.2 Å². The van der Waals surface area contributed by atoms with Gasteiger partial charge in [-0.3, -0.25) is 0 Å². The SMILES string of the molecule is CC(C)OCCN(C)C1CC2CCC(C1)N2.Cl. The molecule has 0 aliphatic carbocycles. The standard InChI is InChI=1S/C13H26N2O.ClH/c1-10(2)16-7-6-15(3)13-8-11-4-5-12(9-13)14-11;/h10-14H,4-9H2,1-3H3;1H. The van der Waals surface area contributed by atoms with Crippen LogP contribution in [0, 0.1) is 0 Å². The third kappa shape index (κ3) is 4.40. The third-order valence-corrected chi connectivity index (χ3v) is 3.97. The van der Waals surface area contributed by atoms with E-state index in [4.69, 9.17) is 4.74 Å². The van der Waals surface area contributed by atoms with Gasteiger partial charge in [0.1, 0.15) is 0 Å². The van der Waals surface area contributed by atoms with Crippen LogP contribution >= 0.6 is 12.4 Å². The summed E-state index contributed by atoms with van der Waals surface area (Å²) in [5.41, 5.74) is 0. The minimum Gasteiger partial charge on any atom is -0.377 e. The average Bonchev–Trinajstić information content (AvgIpc) is 2.57. The molecule has 0 radical (unpaired) electrons. The van der Waals surface area contributed by atoms with Crippen LogP contribution in [0.25, 0.3) is 0 Å². The Balaban J connectivity index is 0.00000144. The van der Waals surface area contributed by atoms with Gasteiger partial charge < -0.3 is 15.0 Å². The second-order valence-corrected chi connectivity index (χ2v) is 5.66. The van der Waals surface area contributed by atoms with Gasteiger partial charge in [-0.25, -0.2) is 0 Å². The minimum absolute atomic E-state index is 0. The highest BCUT2D eigenvalue weighted by Crippen LogP contribution is 2.29. The maximum Gasteiger partial charge on any atom is 0.0596 e. The summed E-state index contributed by atoms with van der Waals surface area (Å²) in [5.74, 6) is 0. The van der Waals surface area contributed by atoms with Gasteiger partial charge in [0.15, 0.2) is 0 Å². The van der Waals surface area contributed by atoms with Crippen molar-refractivity contribution < 1.29 is 4.74 Å². The quantitative estimate of drug-likeness (QED) is 0.821. The fourth-order valence-electron chi connectivity index (χ4n) is 3.00. The van der Waals surface area contributed by atoms with Crippen LogP contribution < -0.4 is 5.32 Å². The van der Waals surface area contributed by atoms with Crippen LogP contribution in [0.15, 0.2) is 0 Å². The van der Waals surface area contributed by atoms with E-state index in [0.29, 0.717) is 6.10 Å². The van der Waals surface area contributed by atoms with Gasteiger partial charge in [0.2, 0.25) is 0 Å². The molecule has 102 valence electrons. The number of nitrogens with one attached hydrogen (secondary N) is 1. The Labute approximate surface area is 112 Å². The number of piperidine rings is 1. The molecule has 4 heteroatoms. The van der Waals surface area contributed by atoms with E-state index < -0.39 is 0 Å². The topological polar surface area (TPSA) is 24.5 Å². The van der Waals surface area contributed by atoms with E-state index in [1.165, 1.54) is 25.7 Å². The lowest BCUT2D eigenvalue weighted by atomic mass is 9.99. The average molecular weight is 263 g/mol. The van der Waals surface area contributed by atoms with Gasteiger partial charge in [-0.1, -0.05) is 0 Å². The van der Waals surface area contributed by atoms with Gasteiger partial charge in [0.25, 0.3) is 0 Å². The van der Waals surface area contributed by atoms with Gasteiger partial charge in [0, 0.05) is 24.7 Å². The molecule has 1 N–H and O–H groups in total. The number of hydrogen-bond donors (Lipinski definition) is 1. The summed E-state index contributed by atoms with van der Waals surface area (Å²) in [4.78, 5) is 2.49. The molecular formula is C13H27ClN2O. The molecule has 2 aliphatic rings. The second kappa shape index (κ2) is 6.93. The monoisotopic (exact) mass is 262 g/mol. The lowest BCUT2D eigenvalue weighted by Crippen LogP contribution is -2.47. The van der Waals surface area contributed by atoms with Gasteiger partial charge in [-0.15, -0.1) is 12.4 Å². The van der Waals surface area contributed by atoms with E-state index in [-0.39, 0.29) is 12.4 Å². The summed E-state index contributed by atoms with van der Waals surface area (Å²) in [5, 5.41) is 3.69. The van der Waals surface area contributed by atoms with Crippen LogP contribution in [0.4, 0.5) is 0 Å². The number of nitrogens with zero attached hydrogens (tertiary/aromatic N) is 1. The first-order valence-corrected chi connectivity index (χ1v) is 6.73. The predicted octanol–water partition coefficient (Wildman–Crippen LogP) is 2.05. The Hall–Kier alpha value is 0.170. The van der Waals surface area contributed by atoms with Crippen LogP contribution in [0.5, 0.6) is 0 Å². The Kier molecular flexibility index (Phi) is 6.21. The van der Waals surface area contributed by atoms with Crippen molar-refractivity contribution in [2.45, 2.75) is 63.8 Å². The zero-order chi connectivity index (χ0) is 11.5. The Bertz CT molecular complexity index is 213. The molecule has 3 nitrogen and oxygen atoms in total. The molecule has 0 aromatic carbocycles. The van der Waals surface area contributed by atoms with Gasteiger partial charge in [-0.05, 0) is 46.6 Å². The summed E-state index contributed by atoms with van der Waals surface area (Å²) in [6, 6.07) is 2.35. The number of ether oxygens (including phenoxy) is 1. The van der Waals surface area contributed by atoms with Crippen LogP contribution in [0.2, 0.25) is 0 Å². The van der Waals surface area contributed by atoms with E-state index in [0.717, 1.165) is 31.3 Å². The first kappa shape index (κ1) is 15.2. The van der Waals surface area contributed by atoms with Crippen LogP contribution in [0.1, 0.15) is 39.5 Å². The molecule has 2 bridgehead atoms. The zero-order valence-electron chi connectivity index (χ0n) is 11.3. The van der Waals surface area contributed by atoms with Gasteiger partial charge in [-0.2, -0.15) is 0 Å². The Morgan fingerprint density at radius 1 is 1.24 bits per heavy atom. The number of likely N-dealkylation sites (N-methyl/N-ethyl adjacent to an activating group) is 1. The fourth-order valence-corrected chi connectivity index (χ4v) is 3.00. The minimum atomic E-state index is 0. The molecule has 2 unspecified atom stereocenters. The van der Waals surface area contributed by atoms with Crippen molar-refractivity contribution >= 4 is 12.4 Å². The Morgan fingerprint density at radius 2 is 1.82 bits per heavy atom. The summed E-state index contributed by atoms with van der Waals surface area (Å²) in [6.07, 6.45) is 5.79. The molecular weight excluding hydrogens is 236 g/mol.